The summed E-state index contributed by atoms with van der Waals surface area (Å²) >= 11 is 0. The summed E-state index contributed by atoms with van der Waals surface area (Å²) < 4.78 is 41.7. The number of amides is 1. The maximum Gasteiger partial charge on any atom is 0.276 e. The topological polar surface area (TPSA) is 81.6 Å². The van der Waals surface area contributed by atoms with E-state index in [-0.39, 0.29) is 36.3 Å². The van der Waals surface area contributed by atoms with Crippen molar-refractivity contribution in [3.63, 3.8) is 0 Å². The first-order chi connectivity index (χ1) is 12.4. The minimum absolute atomic E-state index is 0.0712. The second kappa shape index (κ2) is 7.34. The summed E-state index contributed by atoms with van der Waals surface area (Å²) in [4.78, 5) is 13.7. The number of halogens is 2. The molecular formula is C17H15F2N3O4. The van der Waals surface area contributed by atoms with Crippen LogP contribution in [0.4, 0.5) is 8.78 Å². The number of hydrogen-bond acceptors (Lipinski definition) is 6. The molecule has 0 bridgehead atoms. The Labute approximate surface area is 147 Å². The van der Waals surface area contributed by atoms with Crippen molar-refractivity contribution in [1.82, 2.24) is 15.2 Å². The highest BCUT2D eigenvalue weighted by atomic mass is 19.1. The lowest BCUT2D eigenvalue weighted by molar-refractivity contribution is 0.0761. The van der Waals surface area contributed by atoms with Crippen LogP contribution in [-0.2, 0) is 13.2 Å². The molecule has 9 heteroatoms. The molecular weight excluding hydrogens is 348 g/mol. The second-order valence-electron chi connectivity index (χ2n) is 5.64. The van der Waals surface area contributed by atoms with Gasteiger partial charge in [0, 0.05) is 25.2 Å². The molecule has 0 aliphatic heterocycles. The van der Waals surface area contributed by atoms with Crippen LogP contribution >= 0.6 is 0 Å². The lowest BCUT2D eigenvalue weighted by Crippen LogP contribution is -2.26. The highest BCUT2D eigenvalue weighted by Crippen LogP contribution is 2.19. The fourth-order valence-electron chi connectivity index (χ4n) is 2.21. The van der Waals surface area contributed by atoms with E-state index in [1.165, 1.54) is 17.0 Å². The number of rotatable bonds is 6. The molecule has 0 saturated carbocycles. The zero-order valence-corrected chi connectivity index (χ0v) is 14.0. The van der Waals surface area contributed by atoms with Crippen molar-refractivity contribution in [3.05, 3.63) is 64.9 Å². The number of aromatic nitrogens is 2. The summed E-state index contributed by atoms with van der Waals surface area (Å²) in [6.45, 7) is 1.84. The number of carbonyl (C=O) groups is 1. The van der Waals surface area contributed by atoms with Crippen LogP contribution in [0.15, 0.2) is 39.4 Å². The minimum Gasteiger partial charge on any atom is -0.482 e. The molecule has 3 aromatic rings. The molecule has 136 valence electrons. The molecule has 1 amide bonds. The third kappa shape index (κ3) is 4.05. The lowest BCUT2D eigenvalue weighted by atomic mass is 10.3. The Balaban J connectivity index is 1.60. The van der Waals surface area contributed by atoms with Crippen LogP contribution in [0.3, 0.4) is 0 Å². The Morgan fingerprint density at radius 1 is 1.15 bits per heavy atom. The molecule has 2 aromatic heterocycles. The third-order valence-corrected chi connectivity index (χ3v) is 3.46. The van der Waals surface area contributed by atoms with Gasteiger partial charge in [0.1, 0.15) is 12.4 Å². The molecule has 0 aliphatic rings. The molecule has 0 atom stereocenters. The van der Waals surface area contributed by atoms with E-state index in [0.29, 0.717) is 11.8 Å². The van der Waals surface area contributed by atoms with Gasteiger partial charge in [-0.15, -0.1) is 0 Å². The smallest absolute Gasteiger partial charge is 0.276 e. The highest BCUT2D eigenvalue weighted by Gasteiger charge is 2.19. The van der Waals surface area contributed by atoms with Crippen LogP contribution in [0, 0.1) is 18.6 Å². The lowest BCUT2D eigenvalue weighted by Gasteiger charge is -2.12. The molecule has 0 radical (unpaired) electrons. The number of hydrogen-bond donors (Lipinski definition) is 0. The van der Waals surface area contributed by atoms with Gasteiger partial charge in [0.15, 0.2) is 28.8 Å². The first kappa shape index (κ1) is 17.6. The van der Waals surface area contributed by atoms with Crippen molar-refractivity contribution in [2.45, 2.75) is 20.1 Å². The molecule has 0 saturated heterocycles. The van der Waals surface area contributed by atoms with E-state index in [1.54, 1.807) is 20.0 Å². The fraction of sp³-hybridized carbons (Fsp3) is 0.235. The van der Waals surface area contributed by atoms with Crippen LogP contribution in [0.1, 0.15) is 27.7 Å². The monoisotopic (exact) mass is 363 g/mol. The van der Waals surface area contributed by atoms with Gasteiger partial charge in [-0.3, -0.25) is 4.79 Å². The molecule has 1 aromatic carbocycles. The van der Waals surface area contributed by atoms with Gasteiger partial charge in [-0.1, -0.05) is 10.3 Å². The van der Waals surface area contributed by atoms with Crippen molar-refractivity contribution in [2.24, 2.45) is 0 Å². The van der Waals surface area contributed by atoms with Crippen molar-refractivity contribution in [2.75, 3.05) is 7.05 Å². The number of carbonyl (C=O) groups excluding carboxylic acids is 1. The Hall–Kier alpha value is -3.23. The second-order valence-corrected chi connectivity index (χ2v) is 5.64. The van der Waals surface area contributed by atoms with Gasteiger partial charge in [-0.05, 0) is 19.1 Å². The van der Waals surface area contributed by atoms with Crippen LogP contribution in [0.5, 0.6) is 5.75 Å². The van der Waals surface area contributed by atoms with Crippen molar-refractivity contribution < 1.29 is 27.4 Å². The van der Waals surface area contributed by atoms with E-state index in [1.807, 2.05) is 0 Å². The van der Waals surface area contributed by atoms with Gasteiger partial charge in [0.05, 0.1) is 12.2 Å². The average molecular weight is 363 g/mol. The number of aryl methyl sites for hydroxylation is 1. The van der Waals surface area contributed by atoms with Gasteiger partial charge in [0.25, 0.3) is 5.91 Å². The predicted octanol–water partition coefficient (Wildman–Crippen LogP) is 3.10. The molecule has 0 aliphatic carbocycles. The van der Waals surface area contributed by atoms with E-state index < -0.39 is 11.6 Å². The van der Waals surface area contributed by atoms with E-state index in [4.69, 9.17) is 13.8 Å². The number of nitrogens with zero attached hydrogens (tertiary/aromatic N) is 3. The number of ether oxygens (including phenoxy) is 1. The normalized spacial score (nSPS) is 10.8. The average Bonchev–Trinajstić information content (AvgIpc) is 3.22. The predicted molar refractivity (Wildman–Crippen MR) is 84.2 cm³/mol. The summed E-state index contributed by atoms with van der Waals surface area (Å²) in [5, 5.41) is 7.44. The maximum absolute atomic E-state index is 13.5. The molecule has 0 N–H and O–H groups in total. The van der Waals surface area contributed by atoms with Crippen molar-refractivity contribution in [3.8, 4) is 5.75 Å². The van der Waals surface area contributed by atoms with E-state index in [0.717, 1.165) is 11.8 Å². The summed E-state index contributed by atoms with van der Waals surface area (Å²) in [7, 11) is 1.58. The Bertz CT molecular complexity index is 922. The van der Waals surface area contributed by atoms with Gasteiger partial charge < -0.3 is 18.7 Å². The fourth-order valence-corrected chi connectivity index (χ4v) is 2.21. The third-order valence-electron chi connectivity index (χ3n) is 3.46. The SMILES string of the molecule is Cc1cc(CN(C)C(=O)c2cc(COc3ccc(F)cc3F)on2)on1. The zero-order chi connectivity index (χ0) is 18.7. The maximum atomic E-state index is 13.5. The van der Waals surface area contributed by atoms with E-state index >= 15 is 0 Å². The van der Waals surface area contributed by atoms with E-state index in [9.17, 15) is 13.6 Å². The van der Waals surface area contributed by atoms with Crippen LogP contribution < -0.4 is 4.74 Å². The summed E-state index contributed by atoms with van der Waals surface area (Å²) in [5.41, 5.74) is 0.789. The number of benzene rings is 1. The van der Waals surface area contributed by atoms with Gasteiger partial charge in [-0.25, -0.2) is 8.78 Å². The molecule has 2 heterocycles. The van der Waals surface area contributed by atoms with Gasteiger partial charge in [0.2, 0.25) is 0 Å². The Morgan fingerprint density at radius 3 is 2.62 bits per heavy atom. The Morgan fingerprint density at radius 2 is 1.92 bits per heavy atom. The largest absolute Gasteiger partial charge is 0.482 e. The first-order valence-corrected chi connectivity index (χ1v) is 7.63. The van der Waals surface area contributed by atoms with Gasteiger partial charge in [-0.2, -0.15) is 0 Å². The van der Waals surface area contributed by atoms with Gasteiger partial charge >= 0.3 is 0 Å². The molecule has 0 spiro atoms. The van der Waals surface area contributed by atoms with Crippen LogP contribution in [0.25, 0.3) is 0 Å². The highest BCUT2D eigenvalue weighted by molar-refractivity contribution is 5.91. The van der Waals surface area contributed by atoms with E-state index in [2.05, 4.69) is 10.3 Å². The Kier molecular flexibility index (Phi) is 4.97. The zero-order valence-electron chi connectivity index (χ0n) is 14.0. The molecule has 0 unspecified atom stereocenters. The summed E-state index contributed by atoms with van der Waals surface area (Å²) in [5.74, 6) is -1.29. The summed E-state index contributed by atoms with van der Waals surface area (Å²) in [6, 6.07) is 6.08. The summed E-state index contributed by atoms with van der Waals surface area (Å²) in [6.07, 6.45) is 0. The van der Waals surface area contributed by atoms with Crippen LogP contribution in [0.2, 0.25) is 0 Å². The van der Waals surface area contributed by atoms with Crippen molar-refractivity contribution >= 4 is 5.91 Å². The molecule has 3 rings (SSSR count). The molecule has 7 nitrogen and oxygen atoms in total. The standard InChI is InChI=1S/C17H15F2N3O4/c1-10-5-12(25-20-10)8-22(2)17(23)15-7-13(26-21-15)9-24-16-4-3-11(18)6-14(16)19/h3-7H,8-9H2,1-2H3. The minimum atomic E-state index is -0.831. The molecule has 0 fully saturated rings. The quantitative estimate of drug-likeness (QED) is 0.669. The van der Waals surface area contributed by atoms with Crippen molar-refractivity contribution in [1.29, 1.82) is 0 Å². The first-order valence-electron chi connectivity index (χ1n) is 7.63. The molecule has 26 heavy (non-hydrogen) atoms. The van der Waals surface area contributed by atoms with Crippen LogP contribution in [-0.4, -0.2) is 28.2 Å².